The van der Waals surface area contributed by atoms with Crippen LogP contribution in [0.1, 0.15) is 0 Å². The summed E-state index contributed by atoms with van der Waals surface area (Å²) >= 11 is 0. The van der Waals surface area contributed by atoms with Gasteiger partial charge in [-0.15, -0.1) is 6.58 Å². The highest BCUT2D eigenvalue weighted by molar-refractivity contribution is 5.80. The Morgan fingerprint density at radius 2 is 2.00 bits per heavy atom. The topological polar surface area (TPSA) is 113 Å². The molecule has 1 unspecified atom stereocenters. The quantitative estimate of drug-likeness (QED) is 0.399. The number of nitrogens with one attached hydrogen (secondary N) is 1. The standard InChI is InChI=1S/C26H30N10O/c1-4-10-35-25(37)19-14-28-26(31-24(19)36(35)23-7-5-6-22(27)30-23)29-17-8-9-20-21(13-17)34-12-11-32(2)15-18(34)16-33(20)3/h4-9,13-14,18H,1,10-12,15-16H2,2-3H3,(H2,27,30)(H,28,29,31). The van der Waals surface area contributed by atoms with Gasteiger partial charge in [-0.05, 0) is 37.4 Å². The molecule has 1 saturated heterocycles. The van der Waals surface area contributed by atoms with Crippen molar-refractivity contribution in [3.63, 3.8) is 0 Å². The fraction of sp³-hybridized carbons (Fsp3) is 0.308. The van der Waals surface area contributed by atoms with E-state index in [1.54, 1.807) is 35.2 Å². The molecule has 2 aliphatic heterocycles. The lowest BCUT2D eigenvalue weighted by Crippen LogP contribution is -2.58. The Labute approximate surface area is 214 Å². The van der Waals surface area contributed by atoms with Crippen LogP contribution in [0.5, 0.6) is 0 Å². The number of nitrogens with two attached hydrogens (primary N) is 1. The molecular formula is C26H30N10O. The van der Waals surface area contributed by atoms with E-state index in [0.717, 1.165) is 31.9 Å². The van der Waals surface area contributed by atoms with Gasteiger partial charge in [0.2, 0.25) is 5.95 Å². The average Bonchev–Trinajstić information content (AvgIpc) is 3.15. The smallest absolute Gasteiger partial charge is 0.278 e. The molecule has 1 aromatic carbocycles. The van der Waals surface area contributed by atoms with E-state index in [-0.39, 0.29) is 5.56 Å². The summed E-state index contributed by atoms with van der Waals surface area (Å²) in [6.45, 7) is 8.15. The van der Waals surface area contributed by atoms with Gasteiger partial charge < -0.3 is 25.8 Å². The van der Waals surface area contributed by atoms with Gasteiger partial charge in [-0.25, -0.2) is 19.3 Å². The number of fused-ring (bicyclic) bond motifs is 4. The molecule has 5 heterocycles. The summed E-state index contributed by atoms with van der Waals surface area (Å²) in [4.78, 5) is 34.0. The number of hydrogen-bond acceptors (Lipinski definition) is 9. The SMILES string of the molecule is C=CCn1c(=O)c2cnc(Nc3ccc4c(c3)N3CCN(C)CC3CN4C)nc2n1-c1cccc(N)n1. The zero-order valence-corrected chi connectivity index (χ0v) is 21.0. The number of aromatic nitrogens is 5. The summed E-state index contributed by atoms with van der Waals surface area (Å²) in [5.41, 5.74) is 9.46. The van der Waals surface area contributed by atoms with Crippen molar-refractivity contribution in [3.8, 4) is 5.82 Å². The van der Waals surface area contributed by atoms with Gasteiger partial charge in [0, 0.05) is 45.1 Å². The molecule has 3 aromatic heterocycles. The largest absolute Gasteiger partial charge is 0.384 e. The molecule has 37 heavy (non-hydrogen) atoms. The van der Waals surface area contributed by atoms with E-state index in [4.69, 9.17) is 10.7 Å². The van der Waals surface area contributed by atoms with Crippen molar-refractivity contribution in [1.29, 1.82) is 0 Å². The van der Waals surface area contributed by atoms with Crippen molar-refractivity contribution < 1.29 is 0 Å². The number of nitrogens with zero attached hydrogens (tertiary/aromatic N) is 8. The van der Waals surface area contributed by atoms with Crippen LogP contribution < -0.4 is 26.4 Å². The summed E-state index contributed by atoms with van der Waals surface area (Å²) < 4.78 is 3.19. The molecule has 3 N–H and O–H groups in total. The lowest BCUT2D eigenvalue weighted by molar-refractivity contribution is 0.265. The first-order valence-electron chi connectivity index (χ1n) is 12.3. The highest BCUT2D eigenvalue weighted by Gasteiger charge is 2.33. The van der Waals surface area contributed by atoms with Crippen molar-refractivity contribution in [2.24, 2.45) is 0 Å². The van der Waals surface area contributed by atoms with E-state index in [0.29, 0.717) is 41.2 Å². The third-order valence-electron chi connectivity index (χ3n) is 7.07. The zero-order chi connectivity index (χ0) is 25.7. The first-order valence-corrected chi connectivity index (χ1v) is 12.3. The van der Waals surface area contributed by atoms with Gasteiger partial charge in [-0.3, -0.25) is 4.79 Å². The van der Waals surface area contributed by atoms with Gasteiger partial charge in [0.05, 0.1) is 24.0 Å². The predicted octanol–water partition coefficient (Wildman–Crippen LogP) is 2.06. The van der Waals surface area contributed by atoms with Crippen LogP contribution in [0.2, 0.25) is 0 Å². The number of rotatable bonds is 5. The van der Waals surface area contributed by atoms with Crippen molar-refractivity contribution in [2.75, 3.05) is 61.1 Å². The maximum Gasteiger partial charge on any atom is 0.278 e. The second-order valence-electron chi connectivity index (χ2n) is 9.66. The van der Waals surface area contributed by atoms with Crippen LogP contribution in [0, 0.1) is 0 Å². The highest BCUT2D eigenvalue weighted by atomic mass is 16.1. The Hall–Kier alpha value is -4.38. The van der Waals surface area contributed by atoms with Crippen LogP contribution in [-0.2, 0) is 6.54 Å². The fourth-order valence-electron chi connectivity index (χ4n) is 5.35. The van der Waals surface area contributed by atoms with Gasteiger partial charge in [0.1, 0.15) is 11.2 Å². The third-order valence-corrected chi connectivity index (χ3v) is 7.07. The Bertz CT molecular complexity index is 1560. The minimum Gasteiger partial charge on any atom is -0.384 e. The summed E-state index contributed by atoms with van der Waals surface area (Å²) in [6.07, 6.45) is 3.21. The molecule has 11 heteroatoms. The number of allylic oxidation sites excluding steroid dienone is 1. The minimum absolute atomic E-state index is 0.219. The van der Waals surface area contributed by atoms with Gasteiger partial charge in [0.15, 0.2) is 11.5 Å². The minimum atomic E-state index is -0.219. The molecule has 11 nitrogen and oxygen atoms in total. The van der Waals surface area contributed by atoms with Gasteiger partial charge in [-0.2, -0.15) is 4.98 Å². The van der Waals surface area contributed by atoms with Crippen LogP contribution >= 0.6 is 0 Å². The van der Waals surface area contributed by atoms with Crippen LogP contribution in [0.3, 0.4) is 0 Å². The molecule has 1 atom stereocenters. The third kappa shape index (κ3) is 3.97. The Morgan fingerprint density at radius 3 is 2.81 bits per heavy atom. The number of benzene rings is 1. The summed E-state index contributed by atoms with van der Waals surface area (Å²) in [6, 6.07) is 12.1. The molecule has 0 saturated carbocycles. The molecule has 1 fully saturated rings. The Kier molecular flexibility index (Phi) is 5.56. The molecule has 6 rings (SSSR count). The first kappa shape index (κ1) is 23.0. The Morgan fingerprint density at radius 1 is 1.14 bits per heavy atom. The number of piperazine rings is 1. The lowest BCUT2D eigenvalue weighted by Gasteiger charge is -2.48. The molecule has 0 amide bonds. The van der Waals surface area contributed by atoms with Crippen LogP contribution in [0.25, 0.3) is 16.9 Å². The predicted molar refractivity (Wildman–Crippen MR) is 147 cm³/mol. The molecule has 4 aromatic rings. The second-order valence-corrected chi connectivity index (χ2v) is 9.66. The fourth-order valence-corrected chi connectivity index (χ4v) is 5.35. The number of hydrogen-bond donors (Lipinski definition) is 2. The van der Waals surface area contributed by atoms with E-state index in [2.05, 4.69) is 62.8 Å². The van der Waals surface area contributed by atoms with E-state index < -0.39 is 0 Å². The summed E-state index contributed by atoms with van der Waals surface area (Å²) in [5.74, 6) is 1.24. The average molecular weight is 499 g/mol. The van der Waals surface area contributed by atoms with Crippen molar-refractivity contribution in [2.45, 2.75) is 12.6 Å². The first-order chi connectivity index (χ1) is 17.9. The van der Waals surface area contributed by atoms with Crippen molar-refractivity contribution in [1.82, 2.24) is 29.2 Å². The molecule has 0 spiro atoms. The number of pyridine rings is 1. The normalized spacial score (nSPS) is 17.5. The summed E-state index contributed by atoms with van der Waals surface area (Å²) in [7, 11) is 4.33. The molecule has 190 valence electrons. The van der Waals surface area contributed by atoms with E-state index in [9.17, 15) is 4.79 Å². The van der Waals surface area contributed by atoms with Crippen LogP contribution in [-0.4, -0.2) is 75.5 Å². The maximum absolute atomic E-state index is 13.1. The van der Waals surface area contributed by atoms with Crippen LogP contribution in [0.15, 0.2) is 60.0 Å². The molecule has 0 radical (unpaired) electrons. The molecule has 0 aliphatic carbocycles. The molecule has 2 aliphatic rings. The lowest BCUT2D eigenvalue weighted by atomic mass is 10.0. The maximum atomic E-state index is 13.1. The van der Waals surface area contributed by atoms with Gasteiger partial charge >= 0.3 is 0 Å². The van der Waals surface area contributed by atoms with E-state index in [1.807, 2.05) is 6.07 Å². The van der Waals surface area contributed by atoms with Gasteiger partial charge in [-0.1, -0.05) is 12.1 Å². The van der Waals surface area contributed by atoms with E-state index >= 15 is 0 Å². The van der Waals surface area contributed by atoms with E-state index in [1.165, 1.54) is 16.1 Å². The monoisotopic (exact) mass is 498 g/mol. The molecule has 0 bridgehead atoms. The zero-order valence-electron chi connectivity index (χ0n) is 21.0. The number of anilines is 5. The van der Waals surface area contributed by atoms with Crippen molar-refractivity contribution in [3.05, 3.63) is 65.6 Å². The van der Waals surface area contributed by atoms with Gasteiger partial charge in [0.25, 0.3) is 5.56 Å². The van der Waals surface area contributed by atoms with Crippen LogP contribution in [0.4, 0.5) is 28.8 Å². The highest BCUT2D eigenvalue weighted by Crippen LogP contribution is 2.38. The van der Waals surface area contributed by atoms with Crippen molar-refractivity contribution >= 4 is 39.9 Å². The number of likely N-dealkylation sites (N-methyl/N-ethyl adjacent to an activating group) is 2. The number of nitrogen functional groups attached to an aromatic ring is 1. The molecular weight excluding hydrogens is 468 g/mol. The summed E-state index contributed by atoms with van der Waals surface area (Å²) in [5, 5.41) is 3.74. The Balaban J connectivity index is 1.40. The second kappa shape index (κ2) is 8.93.